The van der Waals surface area contributed by atoms with Crippen molar-refractivity contribution < 1.29 is 9.59 Å². The minimum absolute atomic E-state index is 0.154. The number of benzene rings is 1. The summed E-state index contributed by atoms with van der Waals surface area (Å²) in [6.45, 7) is 0. The highest BCUT2D eigenvalue weighted by molar-refractivity contribution is 6.06. The largest absolute Gasteiger partial charge is 0.396 e. The number of carbonyl (C=O) groups excluding carboxylic acids is 2. The molecule has 98 valence electrons. The molecule has 0 fully saturated rings. The van der Waals surface area contributed by atoms with Gasteiger partial charge in [-0.2, -0.15) is 5.10 Å². The number of anilines is 2. The molecule has 0 saturated carbocycles. The van der Waals surface area contributed by atoms with Crippen LogP contribution in [0.5, 0.6) is 0 Å². The first-order valence-electron chi connectivity index (χ1n) is 5.47. The van der Waals surface area contributed by atoms with Crippen molar-refractivity contribution in [1.82, 2.24) is 9.78 Å². The summed E-state index contributed by atoms with van der Waals surface area (Å²) in [5, 5.41) is 6.59. The Hall–Kier alpha value is -2.83. The molecule has 1 aromatic heterocycles. The van der Waals surface area contributed by atoms with Crippen molar-refractivity contribution in [2.45, 2.75) is 0 Å². The highest BCUT2D eigenvalue weighted by Gasteiger charge is 2.14. The second kappa shape index (κ2) is 4.81. The number of amides is 2. The fourth-order valence-electron chi connectivity index (χ4n) is 1.59. The van der Waals surface area contributed by atoms with Gasteiger partial charge in [0.1, 0.15) is 0 Å². The number of hydrogen-bond acceptors (Lipinski definition) is 4. The van der Waals surface area contributed by atoms with E-state index in [1.165, 1.54) is 16.8 Å². The summed E-state index contributed by atoms with van der Waals surface area (Å²) in [7, 11) is 1.68. The maximum Gasteiger partial charge on any atom is 0.278 e. The quantitative estimate of drug-likeness (QED) is 0.737. The second-order valence-electron chi connectivity index (χ2n) is 4.00. The van der Waals surface area contributed by atoms with Crippen LogP contribution in [0.2, 0.25) is 0 Å². The first-order valence-corrected chi connectivity index (χ1v) is 5.47. The van der Waals surface area contributed by atoms with Crippen molar-refractivity contribution in [2.24, 2.45) is 12.8 Å². The van der Waals surface area contributed by atoms with E-state index in [2.05, 4.69) is 10.4 Å². The predicted octanol–water partition coefficient (Wildman–Crippen LogP) is 0.353. The van der Waals surface area contributed by atoms with Crippen molar-refractivity contribution in [2.75, 3.05) is 11.1 Å². The molecule has 0 aliphatic heterocycles. The molecule has 7 nitrogen and oxygen atoms in total. The Morgan fingerprint density at radius 1 is 1.26 bits per heavy atom. The fraction of sp³-hybridized carbons (Fsp3) is 0.0833. The van der Waals surface area contributed by atoms with Gasteiger partial charge in [0.05, 0.1) is 5.69 Å². The Morgan fingerprint density at radius 2 is 1.89 bits per heavy atom. The molecule has 2 rings (SSSR count). The van der Waals surface area contributed by atoms with E-state index in [4.69, 9.17) is 11.5 Å². The van der Waals surface area contributed by atoms with Gasteiger partial charge in [-0.15, -0.1) is 0 Å². The van der Waals surface area contributed by atoms with E-state index in [0.29, 0.717) is 16.9 Å². The van der Waals surface area contributed by atoms with Gasteiger partial charge in [0.2, 0.25) is 5.91 Å². The molecule has 1 aromatic carbocycles. The van der Waals surface area contributed by atoms with Gasteiger partial charge in [0.25, 0.3) is 5.91 Å². The van der Waals surface area contributed by atoms with Gasteiger partial charge < -0.3 is 16.8 Å². The lowest BCUT2D eigenvalue weighted by Gasteiger charge is -2.04. The third-order valence-corrected chi connectivity index (χ3v) is 2.50. The van der Waals surface area contributed by atoms with E-state index in [0.717, 1.165) is 0 Å². The highest BCUT2D eigenvalue weighted by Crippen LogP contribution is 2.13. The number of nitrogen functional groups attached to an aromatic ring is 1. The average molecular weight is 259 g/mol. The second-order valence-corrected chi connectivity index (χ2v) is 4.00. The van der Waals surface area contributed by atoms with Crippen LogP contribution in [0.25, 0.3) is 0 Å². The normalized spacial score (nSPS) is 10.2. The van der Waals surface area contributed by atoms with E-state index < -0.39 is 11.8 Å². The average Bonchev–Trinajstić information content (AvgIpc) is 2.69. The summed E-state index contributed by atoms with van der Waals surface area (Å²) in [6, 6.07) is 6.22. The van der Waals surface area contributed by atoms with Crippen molar-refractivity contribution in [3.05, 3.63) is 41.7 Å². The van der Waals surface area contributed by atoms with E-state index in [1.807, 2.05) is 0 Å². The molecule has 1 heterocycles. The molecule has 0 unspecified atom stereocenters. The van der Waals surface area contributed by atoms with Gasteiger partial charge in [-0.05, 0) is 24.3 Å². The predicted molar refractivity (Wildman–Crippen MR) is 70.5 cm³/mol. The van der Waals surface area contributed by atoms with Crippen molar-refractivity contribution in [3.63, 3.8) is 0 Å². The minimum atomic E-state index is -0.521. The zero-order valence-corrected chi connectivity index (χ0v) is 10.3. The summed E-state index contributed by atoms with van der Waals surface area (Å²) in [5.74, 6) is -0.934. The van der Waals surface area contributed by atoms with Gasteiger partial charge >= 0.3 is 0 Å². The van der Waals surface area contributed by atoms with Crippen molar-refractivity contribution in [3.8, 4) is 0 Å². The van der Waals surface area contributed by atoms with Gasteiger partial charge in [0.15, 0.2) is 5.69 Å². The lowest BCUT2D eigenvalue weighted by Crippen LogP contribution is -2.15. The van der Waals surface area contributed by atoms with Gasteiger partial charge in [0, 0.05) is 24.5 Å². The highest BCUT2D eigenvalue weighted by atomic mass is 16.2. The SMILES string of the molecule is Cn1cc(N)c(C(=O)Nc2ccc(C(N)=O)cc2)n1. The number of nitrogens with zero attached hydrogens (tertiary/aromatic N) is 2. The number of carbonyl (C=O) groups is 2. The number of rotatable bonds is 3. The van der Waals surface area contributed by atoms with Crippen LogP contribution in [0, 0.1) is 0 Å². The number of nitrogens with one attached hydrogen (secondary N) is 1. The summed E-state index contributed by atoms with van der Waals surface area (Å²) in [4.78, 5) is 22.8. The first-order chi connectivity index (χ1) is 8.97. The molecule has 19 heavy (non-hydrogen) atoms. The molecule has 0 bridgehead atoms. The van der Waals surface area contributed by atoms with Gasteiger partial charge in [-0.25, -0.2) is 0 Å². The third kappa shape index (κ3) is 2.71. The molecular formula is C12H13N5O2. The van der Waals surface area contributed by atoms with Crippen LogP contribution in [-0.4, -0.2) is 21.6 Å². The van der Waals surface area contributed by atoms with Crippen molar-refractivity contribution in [1.29, 1.82) is 0 Å². The number of aryl methyl sites for hydroxylation is 1. The van der Waals surface area contributed by atoms with E-state index in [1.54, 1.807) is 25.4 Å². The minimum Gasteiger partial charge on any atom is -0.396 e. The van der Waals surface area contributed by atoms with Gasteiger partial charge in [-0.1, -0.05) is 0 Å². The van der Waals surface area contributed by atoms with Crippen molar-refractivity contribution >= 4 is 23.2 Å². The maximum absolute atomic E-state index is 11.9. The van der Waals surface area contributed by atoms with Crippen LogP contribution in [0.15, 0.2) is 30.5 Å². The van der Waals surface area contributed by atoms with Crippen LogP contribution in [0.1, 0.15) is 20.8 Å². The summed E-state index contributed by atoms with van der Waals surface area (Å²) < 4.78 is 1.46. The summed E-state index contributed by atoms with van der Waals surface area (Å²) in [5.41, 5.74) is 12.1. The fourth-order valence-corrected chi connectivity index (χ4v) is 1.59. The summed E-state index contributed by atoms with van der Waals surface area (Å²) in [6.07, 6.45) is 1.55. The zero-order chi connectivity index (χ0) is 14.0. The molecule has 0 aliphatic carbocycles. The third-order valence-electron chi connectivity index (χ3n) is 2.50. The molecule has 0 aliphatic rings. The van der Waals surface area contributed by atoms with Gasteiger partial charge in [-0.3, -0.25) is 14.3 Å². The summed E-state index contributed by atoms with van der Waals surface area (Å²) >= 11 is 0. The van der Waals surface area contributed by atoms with Crippen LogP contribution >= 0.6 is 0 Å². The van der Waals surface area contributed by atoms with E-state index in [-0.39, 0.29) is 5.69 Å². The van der Waals surface area contributed by atoms with E-state index in [9.17, 15) is 9.59 Å². The first kappa shape index (κ1) is 12.6. The topological polar surface area (TPSA) is 116 Å². The lowest BCUT2D eigenvalue weighted by molar-refractivity contribution is 0.0998. The Balaban J connectivity index is 2.15. The van der Waals surface area contributed by atoms with E-state index >= 15 is 0 Å². The number of aromatic nitrogens is 2. The Bertz CT molecular complexity index is 630. The van der Waals surface area contributed by atoms with Crippen LogP contribution in [0.3, 0.4) is 0 Å². The Labute approximate surface area is 109 Å². The maximum atomic E-state index is 11.9. The number of nitrogens with two attached hydrogens (primary N) is 2. The van der Waals surface area contributed by atoms with Crippen LogP contribution in [-0.2, 0) is 7.05 Å². The Kier molecular flexibility index (Phi) is 3.19. The molecule has 0 radical (unpaired) electrons. The number of primary amides is 1. The molecule has 5 N–H and O–H groups in total. The lowest BCUT2D eigenvalue weighted by atomic mass is 10.2. The molecule has 0 spiro atoms. The standard InChI is InChI=1S/C12H13N5O2/c1-17-6-9(13)10(16-17)12(19)15-8-4-2-7(3-5-8)11(14)18/h2-6H,13H2,1H3,(H2,14,18)(H,15,19). The number of hydrogen-bond donors (Lipinski definition) is 3. The molecule has 7 heteroatoms. The molecule has 0 saturated heterocycles. The molecule has 2 amide bonds. The Morgan fingerprint density at radius 3 is 2.37 bits per heavy atom. The molecular weight excluding hydrogens is 246 g/mol. The van der Waals surface area contributed by atoms with Crippen LogP contribution < -0.4 is 16.8 Å². The smallest absolute Gasteiger partial charge is 0.278 e. The molecule has 2 aromatic rings. The molecule has 0 atom stereocenters. The monoisotopic (exact) mass is 259 g/mol. The zero-order valence-electron chi connectivity index (χ0n) is 10.3. The van der Waals surface area contributed by atoms with Crippen LogP contribution in [0.4, 0.5) is 11.4 Å².